The van der Waals surface area contributed by atoms with E-state index >= 15 is 0 Å². The summed E-state index contributed by atoms with van der Waals surface area (Å²) < 4.78 is 34.2. The van der Waals surface area contributed by atoms with Gasteiger partial charge < -0.3 is 20.5 Å². The van der Waals surface area contributed by atoms with E-state index in [0.29, 0.717) is 5.69 Å². The first-order valence-corrected chi connectivity index (χ1v) is 5.75. The number of nitrogens with two attached hydrogens (primary N) is 1. The Morgan fingerprint density at radius 2 is 1.95 bits per heavy atom. The molecular weight excluding hydrogens is 258 g/mol. The quantitative estimate of drug-likeness (QED) is 0.881. The third kappa shape index (κ3) is 2.93. The highest BCUT2D eigenvalue weighted by Crippen LogP contribution is 2.42. The van der Waals surface area contributed by atoms with Crippen molar-refractivity contribution in [3.8, 4) is 11.5 Å². The number of rotatable bonds is 3. The predicted molar refractivity (Wildman–Crippen MR) is 64.1 cm³/mol. The van der Waals surface area contributed by atoms with Crippen LogP contribution in [0.5, 0.6) is 11.5 Å². The van der Waals surface area contributed by atoms with Gasteiger partial charge in [-0.3, -0.25) is 4.79 Å². The molecule has 5 nitrogen and oxygen atoms in total. The Kier molecular flexibility index (Phi) is 3.32. The Bertz CT molecular complexity index is 506. The molecule has 19 heavy (non-hydrogen) atoms. The molecule has 7 heteroatoms. The van der Waals surface area contributed by atoms with Crippen molar-refractivity contribution in [3.63, 3.8) is 0 Å². The Morgan fingerprint density at radius 3 is 2.58 bits per heavy atom. The minimum Gasteiger partial charge on any atom is -0.395 e. The van der Waals surface area contributed by atoms with Crippen molar-refractivity contribution in [2.24, 2.45) is 11.7 Å². The number of hydrogen-bond acceptors (Lipinski definition) is 4. The van der Waals surface area contributed by atoms with Crippen LogP contribution in [0, 0.1) is 5.92 Å². The summed E-state index contributed by atoms with van der Waals surface area (Å²) in [4.78, 5) is 11.8. The fourth-order valence-corrected chi connectivity index (χ4v) is 1.52. The molecule has 0 spiro atoms. The minimum atomic E-state index is -3.66. The summed E-state index contributed by atoms with van der Waals surface area (Å²) in [5.74, 6) is -0.869. The molecule has 3 N–H and O–H groups in total. The van der Waals surface area contributed by atoms with Crippen LogP contribution in [0.1, 0.15) is 13.8 Å². The van der Waals surface area contributed by atoms with Gasteiger partial charge in [0.1, 0.15) is 0 Å². The van der Waals surface area contributed by atoms with Crippen LogP contribution < -0.4 is 20.5 Å². The van der Waals surface area contributed by atoms with E-state index in [1.165, 1.54) is 18.2 Å². The highest BCUT2D eigenvalue weighted by atomic mass is 19.3. The molecular formula is C12H14F2N2O3. The molecule has 1 aliphatic heterocycles. The van der Waals surface area contributed by atoms with Crippen LogP contribution >= 0.6 is 0 Å². The first kappa shape index (κ1) is 13.5. The number of carbonyl (C=O) groups is 1. The number of halogens is 2. The Hall–Kier alpha value is -1.89. The first-order chi connectivity index (χ1) is 8.78. The molecule has 2 rings (SSSR count). The molecule has 1 aromatic carbocycles. The topological polar surface area (TPSA) is 73.6 Å². The van der Waals surface area contributed by atoms with Crippen LogP contribution in [0.15, 0.2) is 18.2 Å². The molecule has 1 amide bonds. The van der Waals surface area contributed by atoms with E-state index in [0.717, 1.165) is 0 Å². The molecule has 2 unspecified atom stereocenters. The predicted octanol–water partition coefficient (Wildman–Crippen LogP) is 1.93. The standard InChI is InChI=1S/C12H14F2N2O3/c1-6(7(2)15)11(17)16-8-3-4-9-10(5-8)19-12(13,14)18-9/h3-7H,15H2,1-2H3,(H,16,17). The van der Waals surface area contributed by atoms with E-state index in [1.807, 2.05) is 0 Å². The van der Waals surface area contributed by atoms with Crippen molar-refractivity contribution in [1.82, 2.24) is 0 Å². The highest BCUT2D eigenvalue weighted by Gasteiger charge is 2.43. The molecule has 0 fully saturated rings. The molecule has 0 aromatic heterocycles. The molecule has 0 radical (unpaired) electrons. The Balaban J connectivity index is 2.11. The summed E-state index contributed by atoms with van der Waals surface area (Å²) in [5, 5.41) is 2.58. The van der Waals surface area contributed by atoms with Crippen LogP contribution in [0.2, 0.25) is 0 Å². The maximum atomic E-state index is 12.8. The van der Waals surface area contributed by atoms with Crippen LogP contribution in [-0.2, 0) is 4.79 Å². The van der Waals surface area contributed by atoms with Crippen LogP contribution in [-0.4, -0.2) is 18.2 Å². The number of alkyl halides is 2. The molecule has 0 aliphatic carbocycles. The number of ether oxygens (including phenoxy) is 2. The zero-order valence-electron chi connectivity index (χ0n) is 10.4. The fraction of sp³-hybridized carbons (Fsp3) is 0.417. The van der Waals surface area contributed by atoms with Crippen molar-refractivity contribution in [3.05, 3.63) is 18.2 Å². The fourth-order valence-electron chi connectivity index (χ4n) is 1.52. The van der Waals surface area contributed by atoms with Gasteiger partial charge in [0.05, 0.1) is 5.92 Å². The van der Waals surface area contributed by atoms with E-state index in [-0.39, 0.29) is 23.4 Å². The Labute approximate surface area is 108 Å². The van der Waals surface area contributed by atoms with E-state index in [2.05, 4.69) is 14.8 Å². The van der Waals surface area contributed by atoms with Gasteiger partial charge >= 0.3 is 6.29 Å². The summed E-state index contributed by atoms with van der Waals surface area (Å²) in [6, 6.07) is 3.73. The van der Waals surface area contributed by atoms with Crippen LogP contribution in [0.25, 0.3) is 0 Å². The molecule has 0 bridgehead atoms. The lowest BCUT2D eigenvalue weighted by Crippen LogP contribution is -2.34. The molecule has 0 saturated heterocycles. The number of anilines is 1. The van der Waals surface area contributed by atoms with Crippen molar-refractivity contribution in [2.45, 2.75) is 26.2 Å². The van der Waals surface area contributed by atoms with Crippen LogP contribution in [0.4, 0.5) is 14.5 Å². The second kappa shape index (κ2) is 4.65. The van der Waals surface area contributed by atoms with Gasteiger partial charge in [0, 0.05) is 17.8 Å². The summed E-state index contributed by atoms with van der Waals surface area (Å²) in [7, 11) is 0. The van der Waals surface area contributed by atoms with E-state index in [9.17, 15) is 13.6 Å². The van der Waals surface area contributed by atoms with Gasteiger partial charge in [-0.05, 0) is 19.1 Å². The largest absolute Gasteiger partial charge is 0.586 e. The summed E-state index contributed by atoms with van der Waals surface area (Å²) in [6.07, 6.45) is -3.66. The van der Waals surface area contributed by atoms with E-state index in [1.54, 1.807) is 13.8 Å². The third-order valence-corrected chi connectivity index (χ3v) is 2.87. The van der Waals surface area contributed by atoms with Gasteiger partial charge in [-0.2, -0.15) is 0 Å². The number of amides is 1. The van der Waals surface area contributed by atoms with Crippen LogP contribution in [0.3, 0.4) is 0 Å². The summed E-state index contributed by atoms with van der Waals surface area (Å²) >= 11 is 0. The first-order valence-electron chi connectivity index (χ1n) is 5.75. The van der Waals surface area contributed by atoms with E-state index in [4.69, 9.17) is 5.73 Å². The smallest absolute Gasteiger partial charge is 0.395 e. The van der Waals surface area contributed by atoms with Crippen molar-refractivity contribution >= 4 is 11.6 Å². The lowest BCUT2D eigenvalue weighted by molar-refractivity contribution is -0.286. The molecule has 104 valence electrons. The lowest BCUT2D eigenvalue weighted by Gasteiger charge is -2.15. The SMILES string of the molecule is CC(N)C(C)C(=O)Nc1ccc2c(c1)OC(F)(F)O2. The zero-order chi connectivity index (χ0) is 14.2. The molecule has 0 saturated carbocycles. The average Bonchev–Trinajstić information content (AvgIpc) is 2.60. The van der Waals surface area contributed by atoms with Gasteiger partial charge in [0.25, 0.3) is 0 Å². The van der Waals surface area contributed by atoms with Crippen molar-refractivity contribution in [2.75, 3.05) is 5.32 Å². The highest BCUT2D eigenvalue weighted by molar-refractivity contribution is 5.93. The Morgan fingerprint density at radius 1 is 1.32 bits per heavy atom. The number of nitrogens with one attached hydrogen (secondary N) is 1. The maximum Gasteiger partial charge on any atom is 0.586 e. The lowest BCUT2D eigenvalue weighted by atomic mass is 10.0. The normalized spacial score (nSPS) is 18.8. The zero-order valence-corrected chi connectivity index (χ0v) is 10.4. The summed E-state index contributed by atoms with van der Waals surface area (Å²) in [6.45, 7) is 3.39. The number of hydrogen-bond donors (Lipinski definition) is 2. The number of carbonyl (C=O) groups excluding carboxylic acids is 1. The number of benzene rings is 1. The molecule has 1 aromatic rings. The van der Waals surface area contributed by atoms with Gasteiger partial charge in [0.15, 0.2) is 11.5 Å². The second-order valence-corrected chi connectivity index (χ2v) is 4.47. The van der Waals surface area contributed by atoms with Gasteiger partial charge in [-0.25, -0.2) is 0 Å². The average molecular weight is 272 g/mol. The minimum absolute atomic E-state index is 0.0664. The summed E-state index contributed by atoms with van der Waals surface area (Å²) in [5.41, 5.74) is 5.96. The van der Waals surface area contributed by atoms with Gasteiger partial charge in [0.2, 0.25) is 5.91 Å². The van der Waals surface area contributed by atoms with Crippen molar-refractivity contribution < 1.29 is 23.0 Å². The van der Waals surface area contributed by atoms with Gasteiger partial charge in [-0.15, -0.1) is 8.78 Å². The molecule has 2 atom stereocenters. The van der Waals surface area contributed by atoms with Crippen molar-refractivity contribution in [1.29, 1.82) is 0 Å². The third-order valence-electron chi connectivity index (χ3n) is 2.87. The maximum absolute atomic E-state index is 12.8. The monoisotopic (exact) mass is 272 g/mol. The van der Waals surface area contributed by atoms with E-state index < -0.39 is 12.2 Å². The molecule has 1 aliphatic rings. The second-order valence-electron chi connectivity index (χ2n) is 4.47. The molecule has 1 heterocycles. The number of fused-ring (bicyclic) bond motifs is 1. The van der Waals surface area contributed by atoms with Gasteiger partial charge in [-0.1, -0.05) is 6.92 Å².